The fraction of sp³-hybridized carbons (Fsp3) is 1.00. The Labute approximate surface area is 99.5 Å². The van der Waals surface area contributed by atoms with Crippen LogP contribution in [-0.4, -0.2) is 50.8 Å². The molecule has 0 radical (unpaired) electrons. The van der Waals surface area contributed by atoms with E-state index in [9.17, 15) is 0 Å². The molecule has 3 nitrogen and oxygen atoms in total. The third-order valence-corrected chi connectivity index (χ3v) is 4.36. The van der Waals surface area contributed by atoms with Crippen LogP contribution < -0.4 is 5.32 Å². The van der Waals surface area contributed by atoms with Gasteiger partial charge in [0.25, 0.3) is 0 Å². The Bertz CT molecular complexity index is 224. The van der Waals surface area contributed by atoms with Gasteiger partial charge in [0.15, 0.2) is 0 Å². The first-order valence-corrected chi connectivity index (χ1v) is 6.57. The second-order valence-corrected chi connectivity index (χ2v) is 6.05. The molecule has 3 heteroatoms. The molecule has 0 unspecified atom stereocenters. The molecule has 1 N–H and O–H groups in total. The maximum atomic E-state index is 5.36. The van der Waals surface area contributed by atoms with Gasteiger partial charge in [-0.3, -0.25) is 4.90 Å². The van der Waals surface area contributed by atoms with E-state index in [4.69, 9.17) is 4.74 Å². The van der Waals surface area contributed by atoms with E-state index in [1.54, 1.807) is 0 Å². The third-order valence-electron chi connectivity index (χ3n) is 4.36. The van der Waals surface area contributed by atoms with E-state index < -0.39 is 0 Å². The Morgan fingerprint density at radius 2 is 2.00 bits per heavy atom. The Hall–Kier alpha value is -0.120. The minimum atomic E-state index is 0.418. The molecule has 16 heavy (non-hydrogen) atoms. The molecule has 2 fully saturated rings. The molecule has 2 saturated heterocycles. The largest absolute Gasteiger partial charge is 0.384 e. The first-order chi connectivity index (χ1) is 7.63. The first kappa shape index (κ1) is 12.3. The minimum Gasteiger partial charge on any atom is -0.384 e. The maximum absolute atomic E-state index is 5.36. The molecule has 0 aromatic rings. The van der Waals surface area contributed by atoms with E-state index >= 15 is 0 Å². The number of methoxy groups -OCH3 is 1. The first-order valence-electron chi connectivity index (χ1n) is 6.57. The zero-order valence-electron chi connectivity index (χ0n) is 11.0. The van der Waals surface area contributed by atoms with Crippen molar-refractivity contribution in [1.82, 2.24) is 10.2 Å². The monoisotopic (exact) mass is 226 g/mol. The SMILES string of the molecule is COC[C@H]1CN(C2CCNCC2)CC1(C)C. The molecule has 0 amide bonds. The molecule has 2 aliphatic rings. The predicted octanol–water partition coefficient (Wildman–Crippen LogP) is 1.34. The topological polar surface area (TPSA) is 24.5 Å². The molecule has 2 rings (SSSR count). The lowest BCUT2D eigenvalue weighted by molar-refractivity contribution is 0.111. The van der Waals surface area contributed by atoms with Crippen LogP contribution in [0.5, 0.6) is 0 Å². The van der Waals surface area contributed by atoms with Crippen molar-refractivity contribution in [1.29, 1.82) is 0 Å². The van der Waals surface area contributed by atoms with E-state index in [-0.39, 0.29) is 0 Å². The Morgan fingerprint density at radius 3 is 2.62 bits per heavy atom. The molecule has 2 aliphatic heterocycles. The number of nitrogens with one attached hydrogen (secondary N) is 1. The molecule has 2 heterocycles. The molecule has 0 saturated carbocycles. The highest BCUT2D eigenvalue weighted by Crippen LogP contribution is 2.37. The Kier molecular flexibility index (Phi) is 3.88. The average molecular weight is 226 g/mol. The van der Waals surface area contributed by atoms with Crippen LogP contribution in [0.25, 0.3) is 0 Å². The Morgan fingerprint density at radius 1 is 1.31 bits per heavy atom. The van der Waals surface area contributed by atoms with Gasteiger partial charge >= 0.3 is 0 Å². The van der Waals surface area contributed by atoms with Gasteiger partial charge in [0.1, 0.15) is 0 Å². The second-order valence-electron chi connectivity index (χ2n) is 6.05. The van der Waals surface area contributed by atoms with Crippen molar-refractivity contribution in [2.75, 3.05) is 39.9 Å². The summed E-state index contributed by atoms with van der Waals surface area (Å²) in [6, 6.07) is 0.808. The highest BCUT2D eigenvalue weighted by molar-refractivity contribution is 4.94. The van der Waals surface area contributed by atoms with Crippen molar-refractivity contribution in [3.8, 4) is 0 Å². The number of hydrogen-bond donors (Lipinski definition) is 1. The molecular weight excluding hydrogens is 200 g/mol. The van der Waals surface area contributed by atoms with Crippen LogP contribution in [-0.2, 0) is 4.74 Å². The van der Waals surface area contributed by atoms with Gasteiger partial charge < -0.3 is 10.1 Å². The van der Waals surface area contributed by atoms with Crippen LogP contribution in [0.4, 0.5) is 0 Å². The van der Waals surface area contributed by atoms with E-state index in [0.717, 1.165) is 12.6 Å². The average Bonchev–Trinajstić information content (AvgIpc) is 2.57. The standard InChI is InChI=1S/C13H26N2O/c1-13(2)10-15(8-11(13)9-16-3)12-4-6-14-7-5-12/h11-12,14H,4-10H2,1-3H3/t11-/m1/s1. The number of piperidine rings is 1. The van der Waals surface area contributed by atoms with Crippen molar-refractivity contribution in [2.24, 2.45) is 11.3 Å². The van der Waals surface area contributed by atoms with E-state index in [2.05, 4.69) is 24.1 Å². The predicted molar refractivity (Wildman–Crippen MR) is 66.6 cm³/mol. The quantitative estimate of drug-likeness (QED) is 0.786. The van der Waals surface area contributed by atoms with Gasteiger partial charge in [-0.15, -0.1) is 0 Å². The lowest BCUT2D eigenvalue weighted by Crippen LogP contribution is -2.42. The van der Waals surface area contributed by atoms with Gasteiger partial charge in [-0.1, -0.05) is 13.8 Å². The van der Waals surface area contributed by atoms with Crippen LogP contribution in [0.1, 0.15) is 26.7 Å². The van der Waals surface area contributed by atoms with Crippen molar-refractivity contribution in [2.45, 2.75) is 32.7 Å². The van der Waals surface area contributed by atoms with Gasteiger partial charge in [0, 0.05) is 32.2 Å². The lowest BCUT2D eigenvalue weighted by Gasteiger charge is -2.32. The highest BCUT2D eigenvalue weighted by atomic mass is 16.5. The second kappa shape index (κ2) is 5.03. The van der Waals surface area contributed by atoms with Gasteiger partial charge in [0.05, 0.1) is 6.61 Å². The normalized spacial score (nSPS) is 32.1. The van der Waals surface area contributed by atoms with Crippen LogP contribution >= 0.6 is 0 Å². The molecule has 0 bridgehead atoms. The summed E-state index contributed by atoms with van der Waals surface area (Å²) in [5, 5.41) is 3.44. The number of hydrogen-bond acceptors (Lipinski definition) is 3. The highest BCUT2D eigenvalue weighted by Gasteiger charge is 2.41. The molecule has 0 aliphatic carbocycles. The molecule has 94 valence electrons. The summed E-state index contributed by atoms with van der Waals surface area (Å²) in [6.45, 7) is 10.5. The summed E-state index contributed by atoms with van der Waals surface area (Å²) >= 11 is 0. The molecular formula is C13H26N2O. The molecule has 0 spiro atoms. The number of rotatable bonds is 3. The minimum absolute atomic E-state index is 0.418. The maximum Gasteiger partial charge on any atom is 0.0508 e. The summed E-state index contributed by atoms with van der Waals surface area (Å²) in [5.41, 5.74) is 0.418. The lowest BCUT2D eigenvalue weighted by atomic mass is 9.83. The van der Waals surface area contributed by atoms with Crippen molar-refractivity contribution < 1.29 is 4.74 Å². The zero-order valence-corrected chi connectivity index (χ0v) is 11.0. The van der Waals surface area contributed by atoms with Crippen LogP contribution in [0.2, 0.25) is 0 Å². The van der Waals surface area contributed by atoms with Crippen LogP contribution in [0.15, 0.2) is 0 Å². The van der Waals surface area contributed by atoms with E-state index in [1.807, 2.05) is 7.11 Å². The van der Waals surface area contributed by atoms with Crippen molar-refractivity contribution in [3.63, 3.8) is 0 Å². The van der Waals surface area contributed by atoms with Crippen molar-refractivity contribution in [3.05, 3.63) is 0 Å². The summed E-state index contributed by atoms with van der Waals surface area (Å²) in [4.78, 5) is 2.70. The van der Waals surface area contributed by atoms with E-state index in [0.29, 0.717) is 11.3 Å². The summed E-state index contributed by atoms with van der Waals surface area (Å²) < 4.78 is 5.36. The smallest absolute Gasteiger partial charge is 0.0508 e. The Balaban J connectivity index is 1.93. The van der Waals surface area contributed by atoms with Gasteiger partial charge in [-0.05, 0) is 31.3 Å². The summed E-state index contributed by atoms with van der Waals surface area (Å²) in [7, 11) is 1.82. The van der Waals surface area contributed by atoms with Crippen LogP contribution in [0.3, 0.4) is 0 Å². The van der Waals surface area contributed by atoms with Crippen molar-refractivity contribution >= 4 is 0 Å². The van der Waals surface area contributed by atoms with Gasteiger partial charge in [-0.2, -0.15) is 0 Å². The summed E-state index contributed by atoms with van der Waals surface area (Å²) in [6.07, 6.45) is 2.63. The number of ether oxygens (including phenoxy) is 1. The zero-order chi connectivity index (χ0) is 11.6. The third kappa shape index (κ3) is 2.58. The number of nitrogens with zero attached hydrogens (tertiary/aromatic N) is 1. The fourth-order valence-electron chi connectivity index (χ4n) is 3.18. The van der Waals surface area contributed by atoms with E-state index in [1.165, 1.54) is 39.0 Å². The van der Waals surface area contributed by atoms with Crippen LogP contribution in [0, 0.1) is 11.3 Å². The summed E-state index contributed by atoms with van der Waals surface area (Å²) in [5.74, 6) is 0.701. The van der Waals surface area contributed by atoms with Gasteiger partial charge in [-0.25, -0.2) is 0 Å². The van der Waals surface area contributed by atoms with Gasteiger partial charge in [0.2, 0.25) is 0 Å². The fourth-order valence-corrected chi connectivity index (χ4v) is 3.18. The molecule has 1 atom stereocenters. The molecule has 0 aromatic heterocycles. The number of likely N-dealkylation sites (tertiary alicyclic amines) is 1. The molecule has 0 aromatic carbocycles.